The van der Waals surface area contributed by atoms with Gasteiger partial charge in [0.05, 0.1) is 12.1 Å². The zero-order chi connectivity index (χ0) is 18.1. The summed E-state index contributed by atoms with van der Waals surface area (Å²) in [6, 6.07) is 16.8. The van der Waals surface area contributed by atoms with Crippen LogP contribution in [0.4, 0.5) is 0 Å². The second kappa shape index (κ2) is 6.77. The average molecular weight is 354 g/mol. The number of benzene rings is 2. The van der Waals surface area contributed by atoms with Gasteiger partial charge in [-0.2, -0.15) is 0 Å². The van der Waals surface area contributed by atoms with Crippen LogP contribution in [0.2, 0.25) is 19.6 Å². The van der Waals surface area contributed by atoms with Gasteiger partial charge >= 0.3 is 0 Å². The van der Waals surface area contributed by atoms with Crippen LogP contribution in [0, 0.1) is 0 Å². The Bertz CT molecular complexity index is 776. The van der Waals surface area contributed by atoms with Crippen molar-refractivity contribution in [2.45, 2.75) is 45.6 Å². The normalized spacial score (nSPS) is 16.4. The zero-order valence-corrected chi connectivity index (χ0v) is 16.8. The van der Waals surface area contributed by atoms with Gasteiger partial charge in [-0.3, -0.25) is 0 Å². The number of rotatable bonds is 5. The topological polar surface area (TPSA) is 30.8 Å². The third kappa shape index (κ3) is 4.38. The smallest absolute Gasteiger partial charge is 0.217 e. The van der Waals surface area contributed by atoms with E-state index in [1.54, 1.807) is 0 Å². The molecule has 25 heavy (non-hydrogen) atoms. The standard InChI is InChI=1S/C21H27NO2Si/c1-21(2)15-23-20(22-21)19-17(14-24-25(3,4)5)12-9-13-18(19)16-10-7-6-8-11-16/h6-13H,14-15H2,1-5H3. The van der Waals surface area contributed by atoms with Gasteiger partial charge in [-0.15, -0.1) is 0 Å². The lowest BCUT2D eigenvalue weighted by Crippen LogP contribution is -2.25. The molecule has 0 spiro atoms. The largest absolute Gasteiger partial charge is 0.475 e. The molecule has 2 aromatic carbocycles. The zero-order valence-electron chi connectivity index (χ0n) is 15.8. The monoisotopic (exact) mass is 353 g/mol. The van der Waals surface area contributed by atoms with E-state index in [1.165, 1.54) is 5.56 Å². The molecule has 3 rings (SSSR count). The third-order valence-corrected chi connectivity index (χ3v) is 5.09. The molecule has 0 aromatic heterocycles. The van der Waals surface area contributed by atoms with Gasteiger partial charge < -0.3 is 9.16 Å². The van der Waals surface area contributed by atoms with Crippen molar-refractivity contribution in [2.24, 2.45) is 4.99 Å². The van der Waals surface area contributed by atoms with Gasteiger partial charge in [-0.1, -0.05) is 48.5 Å². The van der Waals surface area contributed by atoms with Crippen LogP contribution in [0.1, 0.15) is 25.0 Å². The van der Waals surface area contributed by atoms with Crippen LogP contribution in [0.25, 0.3) is 11.1 Å². The minimum atomic E-state index is -1.61. The van der Waals surface area contributed by atoms with Crippen LogP contribution in [-0.4, -0.2) is 26.4 Å². The van der Waals surface area contributed by atoms with Gasteiger partial charge in [0.2, 0.25) is 5.90 Å². The molecule has 1 aliphatic rings. The predicted molar refractivity (Wildman–Crippen MR) is 107 cm³/mol. The van der Waals surface area contributed by atoms with Gasteiger partial charge in [-0.05, 0) is 50.2 Å². The highest BCUT2D eigenvalue weighted by atomic mass is 28.4. The lowest BCUT2D eigenvalue weighted by molar-refractivity contribution is 0.277. The Labute approximate surface area is 151 Å². The van der Waals surface area contributed by atoms with E-state index >= 15 is 0 Å². The number of hydrogen-bond donors (Lipinski definition) is 0. The Morgan fingerprint density at radius 1 is 1.04 bits per heavy atom. The first-order valence-corrected chi connectivity index (χ1v) is 12.2. The van der Waals surface area contributed by atoms with E-state index in [-0.39, 0.29) is 5.54 Å². The second-order valence-corrected chi connectivity index (χ2v) is 12.6. The molecule has 132 valence electrons. The van der Waals surface area contributed by atoms with Crippen LogP contribution < -0.4 is 0 Å². The Morgan fingerprint density at radius 2 is 1.76 bits per heavy atom. The van der Waals surface area contributed by atoms with Gasteiger partial charge in [0.25, 0.3) is 0 Å². The summed E-state index contributed by atoms with van der Waals surface area (Å²) in [6.07, 6.45) is 0. The third-order valence-electron chi connectivity index (χ3n) is 4.08. The highest BCUT2D eigenvalue weighted by Crippen LogP contribution is 2.31. The van der Waals surface area contributed by atoms with Crippen LogP contribution in [0.5, 0.6) is 0 Å². The van der Waals surface area contributed by atoms with Crippen molar-refractivity contribution in [3.63, 3.8) is 0 Å². The summed E-state index contributed by atoms with van der Waals surface area (Å²) in [7, 11) is -1.61. The fraction of sp³-hybridized carbons (Fsp3) is 0.381. The lowest BCUT2D eigenvalue weighted by atomic mass is 9.95. The maximum Gasteiger partial charge on any atom is 0.217 e. The van der Waals surface area contributed by atoms with E-state index in [2.05, 4.69) is 76.0 Å². The minimum Gasteiger partial charge on any atom is -0.475 e. The maximum atomic E-state index is 6.19. The Morgan fingerprint density at radius 3 is 2.36 bits per heavy atom. The van der Waals surface area contributed by atoms with E-state index in [4.69, 9.17) is 14.2 Å². The number of aliphatic imine (C=N–C) groups is 1. The van der Waals surface area contributed by atoms with Crippen LogP contribution in [0.3, 0.4) is 0 Å². The summed E-state index contributed by atoms with van der Waals surface area (Å²) in [4.78, 5) is 4.83. The molecule has 0 radical (unpaired) electrons. The van der Waals surface area contributed by atoms with Crippen LogP contribution >= 0.6 is 0 Å². The summed E-state index contributed by atoms with van der Waals surface area (Å²) < 4.78 is 12.2. The molecule has 0 atom stereocenters. The van der Waals surface area contributed by atoms with Crippen molar-refractivity contribution in [3.8, 4) is 11.1 Å². The Kier molecular flexibility index (Phi) is 4.85. The van der Waals surface area contributed by atoms with Gasteiger partial charge in [0.1, 0.15) is 6.61 Å². The van der Waals surface area contributed by atoms with E-state index < -0.39 is 8.32 Å². The molecule has 0 aliphatic carbocycles. The molecule has 4 heteroatoms. The summed E-state index contributed by atoms with van der Waals surface area (Å²) >= 11 is 0. The molecular weight excluding hydrogens is 326 g/mol. The lowest BCUT2D eigenvalue weighted by Gasteiger charge is -2.20. The fourth-order valence-corrected chi connectivity index (χ4v) is 3.43. The number of ether oxygens (including phenoxy) is 1. The molecule has 1 heterocycles. The van der Waals surface area contributed by atoms with Crippen LogP contribution in [-0.2, 0) is 15.8 Å². The van der Waals surface area contributed by atoms with Crippen molar-refractivity contribution >= 4 is 14.2 Å². The summed E-state index contributed by atoms with van der Waals surface area (Å²) in [5.41, 5.74) is 4.34. The SMILES string of the molecule is CC1(C)COC(c2c(CO[Si](C)(C)C)cccc2-c2ccccc2)=N1. The van der Waals surface area contributed by atoms with Crippen molar-refractivity contribution in [1.29, 1.82) is 0 Å². The summed E-state index contributed by atoms with van der Waals surface area (Å²) in [5.74, 6) is 0.735. The Hall–Kier alpha value is -1.91. The minimum absolute atomic E-state index is 0.184. The van der Waals surface area contributed by atoms with Crippen molar-refractivity contribution in [1.82, 2.24) is 0 Å². The first-order chi connectivity index (χ1) is 11.8. The molecule has 1 aliphatic heterocycles. The molecule has 0 saturated heterocycles. The number of hydrogen-bond acceptors (Lipinski definition) is 3. The quantitative estimate of drug-likeness (QED) is 0.686. The van der Waals surface area contributed by atoms with E-state index in [9.17, 15) is 0 Å². The first-order valence-electron chi connectivity index (χ1n) is 8.79. The molecule has 3 nitrogen and oxygen atoms in total. The second-order valence-electron chi connectivity index (χ2n) is 8.12. The van der Waals surface area contributed by atoms with Gasteiger partial charge in [0, 0.05) is 5.56 Å². The Balaban J connectivity index is 2.10. The van der Waals surface area contributed by atoms with Crippen LogP contribution in [0.15, 0.2) is 53.5 Å². The highest BCUT2D eigenvalue weighted by Gasteiger charge is 2.30. The fourth-order valence-electron chi connectivity index (χ4n) is 2.84. The summed E-state index contributed by atoms with van der Waals surface area (Å²) in [6.45, 7) is 12.0. The predicted octanol–water partition coefficient (Wildman–Crippen LogP) is 5.26. The molecule has 0 fully saturated rings. The molecule has 0 N–H and O–H groups in total. The summed E-state index contributed by atoms with van der Waals surface area (Å²) in [5, 5.41) is 0. The van der Waals surface area contributed by atoms with Gasteiger partial charge in [0.15, 0.2) is 8.32 Å². The highest BCUT2D eigenvalue weighted by molar-refractivity contribution is 6.69. The molecule has 0 unspecified atom stereocenters. The molecule has 0 bridgehead atoms. The molecule has 2 aromatic rings. The maximum absolute atomic E-state index is 6.19. The van der Waals surface area contributed by atoms with Crippen molar-refractivity contribution in [3.05, 3.63) is 59.7 Å². The number of nitrogens with zero attached hydrogens (tertiary/aromatic N) is 1. The van der Waals surface area contributed by atoms with E-state index in [1.807, 2.05) is 6.07 Å². The molecular formula is C21H27NO2Si. The van der Waals surface area contributed by atoms with E-state index in [0.29, 0.717) is 13.2 Å². The van der Waals surface area contributed by atoms with E-state index in [0.717, 1.165) is 22.6 Å². The van der Waals surface area contributed by atoms with Gasteiger partial charge in [-0.25, -0.2) is 4.99 Å². The van der Waals surface area contributed by atoms with Crippen molar-refractivity contribution < 1.29 is 9.16 Å². The average Bonchev–Trinajstić information content (AvgIpc) is 2.92. The first kappa shape index (κ1) is 17.9. The molecule has 0 amide bonds. The van der Waals surface area contributed by atoms with Crippen molar-refractivity contribution in [2.75, 3.05) is 6.61 Å². The molecule has 0 saturated carbocycles.